The van der Waals surface area contributed by atoms with Crippen LogP contribution in [-0.4, -0.2) is 37.6 Å². The zero-order valence-corrected chi connectivity index (χ0v) is 25.6. The maximum absolute atomic E-state index is 11.6. The molecular weight excluding hydrogens is 496 g/mol. The van der Waals surface area contributed by atoms with E-state index in [0.29, 0.717) is 13.1 Å². The standard InChI is InChI=1S/C33H48N6O/c1-10-18-35-31(29(22(2)3)33(9,40)23(4)5)38-32-30(37-21-39(32)24(6)7)25(8)36-20-26-14-16-27(17-15-26)28-13-11-12-19-34-28/h11-17,19,21-24,29,36,40H,8,10,18,20H2,1-7,9H3,(H,35,38). The minimum atomic E-state index is -0.937. The van der Waals surface area contributed by atoms with Gasteiger partial charge in [0, 0.05) is 36.8 Å². The van der Waals surface area contributed by atoms with E-state index in [1.165, 1.54) is 0 Å². The number of hydrogen-bond donors (Lipinski definition) is 3. The van der Waals surface area contributed by atoms with Crippen LogP contribution in [0.25, 0.3) is 17.0 Å². The molecule has 216 valence electrons. The molecule has 7 heteroatoms. The molecule has 0 radical (unpaired) electrons. The quantitative estimate of drug-likeness (QED) is 0.157. The third-order valence-corrected chi connectivity index (χ3v) is 7.57. The maximum Gasteiger partial charge on any atom is 0.141 e. The molecule has 0 amide bonds. The number of benzene rings is 1. The number of aromatic nitrogens is 3. The summed E-state index contributed by atoms with van der Waals surface area (Å²) in [6.45, 7) is 22.3. The lowest BCUT2D eigenvalue weighted by Gasteiger charge is -2.40. The van der Waals surface area contributed by atoms with E-state index in [1.54, 1.807) is 0 Å². The number of nitrogens with zero attached hydrogens (tertiary/aromatic N) is 4. The highest BCUT2D eigenvalue weighted by molar-refractivity contribution is 5.99. The van der Waals surface area contributed by atoms with Crippen LogP contribution in [0.4, 0.5) is 5.82 Å². The summed E-state index contributed by atoms with van der Waals surface area (Å²) >= 11 is 0. The maximum atomic E-state index is 11.6. The first kappa shape index (κ1) is 31.1. The Balaban J connectivity index is 1.87. The Hall–Kier alpha value is -3.45. The van der Waals surface area contributed by atoms with Crippen molar-refractivity contribution in [3.63, 3.8) is 0 Å². The second-order valence-electron chi connectivity index (χ2n) is 11.7. The Morgan fingerprint density at radius 2 is 1.75 bits per heavy atom. The van der Waals surface area contributed by atoms with Gasteiger partial charge in [-0.1, -0.05) is 71.5 Å². The fourth-order valence-corrected chi connectivity index (χ4v) is 4.91. The number of aliphatic hydroxyl groups is 1. The topological polar surface area (TPSA) is 87.4 Å². The normalized spacial score (nSPS) is 14.4. The molecule has 3 aromatic rings. The SMILES string of the molecule is C=C(NCc1ccc(-c2ccccn2)cc1)c1ncn(C(C)C)c1NC(=NCCC)C(C(C)C)C(C)(O)C(C)C. The van der Waals surface area contributed by atoms with Gasteiger partial charge in [-0.05, 0) is 56.7 Å². The van der Waals surface area contributed by atoms with Crippen LogP contribution < -0.4 is 10.6 Å². The van der Waals surface area contributed by atoms with Crippen molar-refractivity contribution in [1.29, 1.82) is 0 Å². The summed E-state index contributed by atoms with van der Waals surface area (Å²) in [7, 11) is 0. The summed E-state index contributed by atoms with van der Waals surface area (Å²) in [6, 6.07) is 14.5. The minimum Gasteiger partial charge on any atom is -0.389 e. The molecule has 0 aliphatic rings. The van der Waals surface area contributed by atoms with Crippen molar-refractivity contribution < 1.29 is 5.11 Å². The Kier molecular flexibility index (Phi) is 10.7. The molecule has 2 unspecified atom stereocenters. The van der Waals surface area contributed by atoms with Crippen molar-refractivity contribution in [3.05, 3.63) is 72.8 Å². The fourth-order valence-electron chi connectivity index (χ4n) is 4.91. The molecule has 7 nitrogen and oxygen atoms in total. The predicted octanol–water partition coefficient (Wildman–Crippen LogP) is 7.19. The second kappa shape index (κ2) is 13.8. The molecule has 1 aromatic carbocycles. The van der Waals surface area contributed by atoms with E-state index in [2.05, 4.69) is 99.5 Å². The van der Waals surface area contributed by atoms with Gasteiger partial charge in [0.25, 0.3) is 0 Å². The highest BCUT2D eigenvalue weighted by Crippen LogP contribution is 2.34. The lowest BCUT2D eigenvalue weighted by molar-refractivity contribution is -0.0322. The van der Waals surface area contributed by atoms with Crippen molar-refractivity contribution in [2.24, 2.45) is 22.7 Å². The molecular formula is C33H48N6O. The molecule has 3 rings (SSSR count). The average molecular weight is 545 g/mol. The number of hydrogen-bond acceptors (Lipinski definition) is 5. The summed E-state index contributed by atoms with van der Waals surface area (Å²) in [5.74, 6) is 1.68. The predicted molar refractivity (Wildman–Crippen MR) is 168 cm³/mol. The number of rotatable bonds is 13. The third kappa shape index (κ3) is 7.39. The van der Waals surface area contributed by atoms with Crippen LogP contribution >= 0.6 is 0 Å². The summed E-state index contributed by atoms with van der Waals surface area (Å²) in [6.07, 6.45) is 4.57. The van der Waals surface area contributed by atoms with Crippen molar-refractivity contribution in [2.75, 3.05) is 11.9 Å². The molecule has 0 aliphatic carbocycles. The van der Waals surface area contributed by atoms with Gasteiger partial charge < -0.3 is 20.3 Å². The Labute approximate surface area is 240 Å². The van der Waals surface area contributed by atoms with E-state index in [0.717, 1.165) is 46.3 Å². The van der Waals surface area contributed by atoms with Gasteiger partial charge in [0.05, 0.1) is 23.3 Å². The van der Waals surface area contributed by atoms with Crippen LogP contribution in [0.5, 0.6) is 0 Å². The van der Waals surface area contributed by atoms with Crippen LogP contribution in [0.2, 0.25) is 0 Å². The van der Waals surface area contributed by atoms with E-state index >= 15 is 0 Å². The molecule has 0 fully saturated rings. The van der Waals surface area contributed by atoms with E-state index < -0.39 is 5.60 Å². The molecule has 0 aliphatic heterocycles. The number of anilines is 1. The van der Waals surface area contributed by atoms with E-state index in [4.69, 9.17) is 9.98 Å². The highest BCUT2D eigenvalue weighted by Gasteiger charge is 2.41. The Bertz CT molecular complexity index is 1260. The van der Waals surface area contributed by atoms with Crippen LogP contribution in [0.15, 0.2) is 66.6 Å². The van der Waals surface area contributed by atoms with Crippen molar-refractivity contribution in [2.45, 2.75) is 80.0 Å². The summed E-state index contributed by atoms with van der Waals surface area (Å²) in [5, 5.41) is 18.7. The third-order valence-electron chi connectivity index (χ3n) is 7.57. The van der Waals surface area contributed by atoms with Crippen LogP contribution in [0.3, 0.4) is 0 Å². The number of aliphatic imine (C=N–C) groups is 1. The summed E-state index contributed by atoms with van der Waals surface area (Å²) in [4.78, 5) is 14.2. The van der Waals surface area contributed by atoms with Crippen LogP contribution in [-0.2, 0) is 6.54 Å². The molecule has 40 heavy (non-hydrogen) atoms. The Morgan fingerprint density at radius 1 is 1.05 bits per heavy atom. The van der Waals surface area contributed by atoms with Gasteiger partial charge >= 0.3 is 0 Å². The number of nitrogens with one attached hydrogen (secondary N) is 2. The zero-order valence-electron chi connectivity index (χ0n) is 25.6. The molecule has 0 bridgehead atoms. The molecule has 3 N–H and O–H groups in total. The lowest BCUT2D eigenvalue weighted by Crippen LogP contribution is -2.49. The second-order valence-corrected chi connectivity index (χ2v) is 11.7. The largest absolute Gasteiger partial charge is 0.389 e. The van der Waals surface area contributed by atoms with Crippen molar-refractivity contribution in [3.8, 4) is 11.3 Å². The van der Waals surface area contributed by atoms with Gasteiger partial charge in [-0.15, -0.1) is 0 Å². The van der Waals surface area contributed by atoms with Gasteiger partial charge in [-0.25, -0.2) is 4.98 Å². The fraction of sp³-hybridized carbons (Fsp3) is 0.485. The zero-order chi connectivity index (χ0) is 29.4. The van der Waals surface area contributed by atoms with Gasteiger partial charge in [0.1, 0.15) is 17.3 Å². The molecule has 2 aromatic heterocycles. The average Bonchev–Trinajstić information content (AvgIpc) is 3.34. The van der Waals surface area contributed by atoms with Crippen LogP contribution in [0.1, 0.15) is 79.1 Å². The Morgan fingerprint density at radius 3 is 2.30 bits per heavy atom. The number of imidazole rings is 1. The summed E-state index contributed by atoms with van der Waals surface area (Å²) < 4.78 is 2.10. The van der Waals surface area contributed by atoms with Crippen LogP contribution in [0, 0.1) is 17.8 Å². The first-order chi connectivity index (χ1) is 19.0. The molecule has 2 heterocycles. The first-order valence-electron chi connectivity index (χ1n) is 14.5. The van der Waals surface area contributed by atoms with E-state index in [-0.39, 0.29) is 23.8 Å². The number of amidine groups is 1. The molecule has 0 saturated heterocycles. The van der Waals surface area contributed by atoms with E-state index in [9.17, 15) is 5.11 Å². The minimum absolute atomic E-state index is 0.0590. The molecule has 0 saturated carbocycles. The van der Waals surface area contributed by atoms with Gasteiger partial charge in [0.15, 0.2) is 0 Å². The first-order valence-corrected chi connectivity index (χ1v) is 14.5. The number of pyridine rings is 1. The lowest BCUT2D eigenvalue weighted by atomic mass is 9.73. The molecule has 2 atom stereocenters. The van der Waals surface area contributed by atoms with Crippen molar-refractivity contribution in [1.82, 2.24) is 19.9 Å². The monoisotopic (exact) mass is 544 g/mol. The smallest absolute Gasteiger partial charge is 0.141 e. The van der Waals surface area contributed by atoms with Crippen molar-refractivity contribution >= 4 is 17.4 Å². The van der Waals surface area contributed by atoms with Gasteiger partial charge in [0.2, 0.25) is 0 Å². The van der Waals surface area contributed by atoms with Gasteiger partial charge in [-0.3, -0.25) is 9.98 Å². The van der Waals surface area contributed by atoms with E-state index in [1.807, 2.05) is 37.6 Å². The summed E-state index contributed by atoms with van der Waals surface area (Å²) in [5.41, 5.74) is 3.71. The highest BCUT2D eigenvalue weighted by atomic mass is 16.3. The molecule has 0 spiro atoms. The van der Waals surface area contributed by atoms with Gasteiger partial charge in [-0.2, -0.15) is 0 Å².